The van der Waals surface area contributed by atoms with Crippen molar-refractivity contribution in [3.05, 3.63) is 59.9 Å². The average Bonchev–Trinajstić information content (AvgIpc) is 2.78. The van der Waals surface area contributed by atoms with E-state index >= 15 is 0 Å². The average molecular weight is 428 g/mol. The van der Waals surface area contributed by atoms with Crippen LogP contribution < -0.4 is 10.1 Å². The van der Waals surface area contributed by atoms with Crippen LogP contribution in [0.3, 0.4) is 0 Å². The zero-order chi connectivity index (χ0) is 20.6. The van der Waals surface area contributed by atoms with Gasteiger partial charge < -0.3 is 15.0 Å². The number of ether oxygens (including phenoxy) is 1. The van der Waals surface area contributed by atoms with Gasteiger partial charge in [0.2, 0.25) is 0 Å². The van der Waals surface area contributed by atoms with Crippen molar-refractivity contribution in [2.75, 3.05) is 31.6 Å². The van der Waals surface area contributed by atoms with Crippen molar-refractivity contribution in [1.29, 1.82) is 0 Å². The van der Waals surface area contributed by atoms with Crippen LogP contribution in [0.1, 0.15) is 37.7 Å². The summed E-state index contributed by atoms with van der Waals surface area (Å²) < 4.78 is 18.5. The van der Waals surface area contributed by atoms with E-state index in [1.807, 2.05) is 11.8 Å². The first-order valence-corrected chi connectivity index (χ1v) is 11.9. The molecule has 2 heterocycles. The molecule has 4 rings (SSSR count). The topological polar surface area (TPSA) is 36.9 Å². The highest BCUT2D eigenvalue weighted by Crippen LogP contribution is 2.29. The Morgan fingerprint density at radius 3 is 2.67 bits per heavy atom. The largest absolute Gasteiger partial charge is 0.494 e. The molecule has 2 aliphatic heterocycles. The summed E-state index contributed by atoms with van der Waals surface area (Å²) in [5.41, 5.74) is 2.56. The lowest BCUT2D eigenvalue weighted by molar-refractivity contribution is 0.207. The molecule has 0 saturated carbocycles. The van der Waals surface area contributed by atoms with Crippen molar-refractivity contribution in [3.63, 3.8) is 0 Å². The maximum absolute atomic E-state index is 12.9. The van der Waals surface area contributed by atoms with Crippen LogP contribution >= 0.6 is 11.8 Å². The lowest BCUT2D eigenvalue weighted by atomic mass is 10.1. The predicted octanol–water partition coefficient (Wildman–Crippen LogP) is 5.55. The molecule has 0 unspecified atom stereocenters. The van der Waals surface area contributed by atoms with Crippen LogP contribution in [0.4, 0.5) is 10.1 Å². The zero-order valence-corrected chi connectivity index (χ0v) is 18.2. The van der Waals surface area contributed by atoms with E-state index in [1.165, 1.54) is 29.8 Å². The molecule has 0 atom stereocenters. The van der Waals surface area contributed by atoms with E-state index in [1.54, 1.807) is 12.1 Å². The van der Waals surface area contributed by atoms with Gasteiger partial charge in [0.1, 0.15) is 11.6 Å². The molecule has 2 aromatic rings. The maximum Gasteiger partial charge on any atom is 0.161 e. The molecule has 1 N–H and O–H groups in total. The third kappa shape index (κ3) is 6.22. The van der Waals surface area contributed by atoms with Crippen LogP contribution in [0.15, 0.2) is 53.5 Å². The monoisotopic (exact) mass is 427 g/mol. The second-order valence-corrected chi connectivity index (χ2v) is 8.90. The number of anilines is 1. The van der Waals surface area contributed by atoms with Crippen LogP contribution in [0.2, 0.25) is 0 Å². The van der Waals surface area contributed by atoms with Gasteiger partial charge in [-0.2, -0.15) is 0 Å². The van der Waals surface area contributed by atoms with E-state index in [0.717, 1.165) is 62.0 Å². The number of halogens is 1. The summed E-state index contributed by atoms with van der Waals surface area (Å²) in [6, 6.07) is 15.2. The number of amidine groups is 1. The minimum atomic E-state index is -0.225. The fourth-order valence-corrected chi connectivity index (χ4v) is 4.86. The summed E-state index contributed by atoms with van der Waals surface area (Å²) in [5, 5.41) is 4.57. The van der Waals surface area contributed by atoms with Gasteiger partial charge in [-0.15, -0.1) is 0 Å². The Labute approximate surface area is 182 Å². The standard InChI is InChI=1S/C24H30FN3OS/c25-20-8-10-22(11-9-20)29-17-5-1-4-14-28-15-12-21(13-16-28)26-24-27-23-7-3-2-6-19(23)18-30-24/h2-3,6-11,21H,1,4-5,12-18H2,(H,26,27). The molecule has 6 heteroatoms. The molecule has 0 aromatic heterocycles. The van der Waals surface area contributed by atoms with Gasteiger partial charge in [0.15, 0.2) is 5.17 Å². The number of nitrogens with zero attached hydrogens (tertiary/aromatic N) is 2. The second-order valence-electron chi connectivity index (χ2n) is 7.94. The number of fused-ring (bicyclic) bond motifs is 1. The predicted molar refractivity (Wildman–Crippen MR) is 124 cm³/mol. The number of piperidine rings is 1. The Hall–Kier alpha value is -2.05. The van der Waals surface area contributed by atoms with Gasteiger partial charge in [0.05, 0.1) is 12.6 Å². The Morgan fingerprint density at radius 2 is 1.83 bits per heavy atom. The van der Waals surface area contributed by atoms with E-state index in [4.69, 9.17) is 9.73 Å². The quantitative estimate of drug-likeness (QED) is 0.560. The van der Waals surface area contributed by atoms with Gasteiger partial charge >= 0.3 is 0 Å². The van der Waals surface area contributed by atoms with E-state index in [9.17, 15) is 4.39 Å². The number of benzene rings is 2. The smallest absolute Gasteiger partial charge is 0.161 e. The number of hydrogen-bond acceptors (Lipinski definition) is 4. The summed E-state index contributed by atoms with van der Waals surface area (Å²) in [6.45, 7) is 4.11. The number of hydrogen-bond donors (Lipinski definition) is 1. The van der Waals surface area contributed by atoms with E-state index in [0.29, 0.717) is 12.6 Å². The van der Waals surface area contributed by atoms with E-state index < -0.39 is 0 Å². The first-order chi connectivity index (χ1) is 14.8. The molecule has 0 radical (unpaired) electrons. The van der Waals surface area contributed by atoms with Crippen LogP contribution in [-0.2, 0) is 5.75 Å². The molecule has 0 amide bonds. The summed E-state index contributed by atoms with van der Waals surface area (Å²) >= 11 is 1.82. The third-order valence-corrected chi connectivity index (χ3v) is 6.62. The summed E-state index contributed by atoms with van der Waals surface area (Å²) in [7, 11) is 0. The second kappa shape index (κ2) is 10.8. The lowest BCUT2D eigenvalue weighted by Gasteiger charge is -2.31. The molecule has 0 spiro atoms. The third-order valence-electron chi connectivity index (χ3n) is 5.68. The Bertz CT molecular complexity index is 835. The molecule has 2 aromatic carbocycles. The number of aliphatic imine (C=N–C) groups is 1. The summed E-state index contributed by atoms with van der Waals surface area (Å²) in [6.07, 6.45) is 5.66. The van der Waals surface area contributed by atoms with Crippen molar-refractivity contribution in [3.8, 4) is 5.75 Å². The number of unbranched alkanes of at least 4 members (excludes halogenated alkanes) is 2. The van der Waals surface area contributed by atoms with Crippen LogP contribution in [0.25, 0.3) is 0 Å². The van der Waals surface area contributed by atoms with E-state index in [-0.39, 0.29) is 5.82 Å². The van der Waals surface area contributed by atoms with Crippen LogP contribution in [0.5, 0.6) is 5.75 Å². The maximum atomic E-state index is 12.9. The van der Waals surface area contributed by atoms with E-state index in [2.05, 4.69) is 34.5 Å². The highest BCUT2D eigenvalue weighted by atomic mass is 32.2. The van der Waals surface area contributed by atoms with Crippen molar-refractivity contribution < 1.29 is 9.13 Å². The lowest BCUT2D eigenvalue weighted by Crippen LogP contribution is -2.36. The van der Waals surface area contributed by atoms with Crippen molar-refractivity contribution >= 4 is 22.6 Å². The number of para-hydroxylation sites is 1. The molecule has 4 nitrogen and oxygen atoms in total. The molecule has 30 heavy (non-hydrogen) atoms. The van der Waals surface area contributed by atoms with Gasteiger partial charge in [-0.3, -0.25) is 4.99 Å². The molecule has 0 aliphatic carbocycles. The van der Waals surface area contributed by atoms with Gasteiger partial charge in [0, 0.05) is 24.5 Å². The first-order valence-electron chi connectivity index (χ1n) is 10.9. The molecular formula is C24H30FN3OS. The fourth-order valence-electron chi connectivity index (χ4n) is 3.91. The van der Waals surface area contributed by atoms with Gasteiger partial charge in [0.25, 0.3) is 0 Å². The molecule has 2 aliphatic rings. The van der Waals surface area contributed by atoms with Crippen LogP contribution in [0, 0.1) is 5.82 Å². The van der Waals surface area contributed by atoms with Crippen LogP contribution in [-0.4, -0.2) is 42.4 Å². The molecule has 1 saturated heterocycles. The SMILES string of the molecule is Fc1ccc(OCCCCCN2CCC(N=C3Nc4ccccc4CS3)CC2)cc1. The number of thioether (sulfide) groups is 1. The van der Waals surface area contributed by atoms with Crippen molar-refractivity contribution in [2.24, 2.45) is 4.99 Å². The summed E-state index contributed by atoms with van der Waals surface area (Å²) in [4.78, 5) is 7.55. The number of nitrogens with one attached hydrogen (secondary N) is 1. The highest BCUT2D eigenvalue weighted by Gasteiger charge is 2.20. The highest BCUT2D eigenvalue weighted by molar-refractivity contribution is 8.13. The molecule has 0 bridgehead atoms. The zero-order valence-electron chi connectivity index (χ0n) is 17.4. The number of rotatable bonds is 8. The first kappa shape index (κ1) is 21.2. The minimum Gasteiger partial charge on any atom is -0.494 e. The van der Waals surface area contributed by atoms with Crippen molar-refractivity contribution in [1.82, 2.24) is 4.90 Å². The number of likely N-dealkylation sites (tertiary alicyclic amines) is 1. The fraction of sp³-hybridized carbons (Fsp3) is 0.458. The molecular weight excluding hydrogens is 397 g/mol. The molecule has 160 valence electrons. The summed E-state index contributed by atoms with van der Waals surface area (Å²) in [5.74, 6) is 1.52. The minimum absolute atomic E-state index is 0.225. The Morgan fingerprint density at radius 1 is 1.03 bits per heavy atom. The normalized spacial score (nSPS) is 18.8. The van der Waals surface area contributed by atoms with Gasteiger partial charge in [-0.25, -0.2) is 4.39 Å². The van der Waals surface area contributed by atoms with Gasteiger partial charge in [-0.05, 0) is 74.5 Å². The van der Waals surface area contributed by atoms with Crippen molar-refractivity contribution in [2.45, 2.75) is 43.9 Å². The van der Waals surface area contributed by atoms with Gasteiger partial charge in [-0.1, -0.05) is 30.0 Å². The Kier molecular flexibility index (Phi) is 7.65. The Balaban J connectivity index is 1.09. The molecule has 1 fully saturated rings.